The number of amides is 1. The van der Waals surface area contributed by atoms with E-state index < -0.39 is 0 Å². The maximum absolute atomic E-state index is 12.8. The SMILES string of the molecule is O=C(C1COc2ccccc2C1)N1CCN(c2nccs2)CC1. The molecule has 120 valence electrons. The number of thiazole rings is 1. The van der Waals surface area contributed by atoms with E-state index in [2.05, 4.69) is 16.0 Å². The topological polar surface area (TPSA) is 45.7 Å². The summed E-state index contributed by atoms with van der Waals surface area (Å²) in [5.74, 6) is 1.08. The van der Waals surface area contributed by atoms with Crippen molar-refractivity contribution in [2.24, 2.45) is 5.92 Å². The molecule has 5 nitrogen and oxygen atoms in total. The summed E-state index contributed by atoms with van der Waals surface area (Å²) in [6.45, 7) is 3.71. The monoisotopic (exact) mass is 329 g/mol. The van der Waals surface area contributed by atoms with Crippen LogP contribution >= 0.6 is 11.3 Å². The molecule has 2 aliphatic heterocycles. The third-order valence-electron chi connectivity index (χ3n) is 4.51. The molecule has 23 heavy (non-hydrogen) atoms. The summed E-state index contributed by atoms with van der Waals surface area (Å²) < 4.78 is 5.76. The summed E-state index contributed by atoms with van der Waals surface area (Å²) >= 11 is 1.65. The molecule has 1 aromatic heterocycles. The van der Waals surface area contributed by atoms with Crippen molar-refractivity contribution in [1.82, 2.24) is 9.88 Å². The quantitative estimate of drug-likeness (QED) is 0.846. The minimum absolute atomic E-state index is 0.0590. The molecule has 0 radical (unpaired) electrons. The number of carbonyl (C=O) groups excluding carboxylic acids is 1. The molecule has 0 spiro atoms. The van der Waals surface area contributed by atoms with Crippen LogP contribution in [0.4, 0.5) is 5.13 Å². The van der Waals surface area contributed by atoms with Crippen LogP contribution in [0.3, 0.4) is 0 Å². The number of aromatic nitrogens is 1. The maximum atomic E-state index is 12.8. The number of piperazine rings is 1. The van der Waals surface area contributed by atoms with Gasteiger partial charge in [0.05, 0.1) is 5.92 Å². The summed E-state index contributed by atoms with van der Waals surface area (Å²) in [6, 6.07) is 8.00. The number of hydrogen-bond acceptors (Lipinski definition) is 5. The van der Waals surface area contributed by atoms with Crippen LogP contribution in [0.25, 0.3) is 0 Å². The Morgan fingerprint density at radius 3 is 2.83 bits per heavy atom. The Kier molecular flexibility index (Phi) is 3.91. The van der Waals surface area contributed by atoms with Gasteiger partial charge in [0.15, 0.2) is 5.13 Å². The highest BCUT2D eigenvalue weighted by molar-refractivity contribution is 7.13. The summed E-state index contributed by atoms with van der Waals surface area (Å²) in [5, 5.41) is 3.04. The van der Waals surface area contributed by atoms with Gasteiger partial charge >= 0.3 is 0 Å². The predicted molar refractivity (Wildman–Crippen MR) is 90.0 cm³/mol. The zero-order valence-corrected chi connectivity index (χ0v) is 13.7. The fraction of sp³-hybridized carbons (Fsp3) is 0.412. The second-order valence-corrected chi connectivity index (χ2v) is 6.82. The Labute approximate surface area is 139 Å². The minimum atomic E-state index is -0.0590. The van der Waals surface area contributed by atoms with E-state index in [0.29, 0.717) is 6.61 Å². The third kappa shape index (κ3) is 2.91. The van der Waals surface area contributed by atoms with E-state index in [1.807, 2.05) is 34.7 Å². The highest BCUT2D eigenvalue weighted by Gasteiger charge is 2.31. The first-order chi connectivity index (χ1) is 11.3. The van der Waals surface area contributed by atoms with Crippen molar-refractivity contribution in [3.63, 3.8) is 0 Å². The van der Waals surface area contributed by atoms with E-state index in [9.17, 15) is 4.79 Å². The van der Waals surface area contributed by atoms with Crippen LogP contribution in [0.2, 0.25) is 0 Å². The van der Waals surface area contributed by atoms with Gasteiger partial charge in [-0.1, -0.05) is 18.2 Å². The number of rotatable bonds is 2. The number of carbonyl (C=O) groups is 1. The van der Waals surface area contributed by atoms with Gasteiger partial charge in [0, 0.05) is 37.8 Å². The zero-order valence-electron chi connectivity index (χ0n) is 12.9. The Balaban J connectivity index is 1.37. The van der Waals surface area contributed by atoms with Gasteiger partial charge in [-0.25, -0.2) is 4.98 Å². The number of para-hydroxylation sites is 1. The fourth-order valence-corrected chi connectivity index (χ4v) is 3.93. The van der Waals surface area contributed by atoms with Crippen molar-refractivity contribution in [2.75, 3.05) is 37.7 Å². The van der Waals surface area contributed by atoms with Crippen LogP contribution in [0.5, 0.6) is 5.75 Å². The predicted octanol–water partition coefficient (Wildman–Crippen LogP) is 2.04. The van der Waals surface area contributed by atoms with Crippen molar-refractivity contribution < 1.29 is 9.53 Å². The lowest BCUT2D eigenvalue weighted by Gasteiger charge is -2.37. The van der Waals surface area contributed by atoms with Crippen LogP contribution in [0.1, 0.15) is 5.56 Å². The Hall–Kier alpha value is -2.08. The summed E-state index contributed by atoms with van der Waals surface area (Å²) in [7, 11) is 0. The van der Waals surface area contributed by atoms with Gasteiger partial charge in [0.2, 0.25) is 5.91 Å². The van der Waals surface area contributed by atoms with E-state index in [1.165, 1.54) is 0 Å². The van der Waals surface area contributed by atoms with Crippen LogP contribution in [-0.4, -0.2) is 48.6 Å². The lowest BCUT2D eigenvalue weighted by Crippen LogP contribution is -2.51. The van der Waals surface area contributed by atoms with Gasteiger partial charge in [0.1, 0.15) is 12.4 Å². The number of nitrogens with zero attached hydrogens (tertiary/aromatic N) is 3. The Morgan fingerprint density at radius 1 is 1.22 bits per heavy atom. The lowest BCUT2D eigenvalue weighted by molar-refractivity contribution is -0.137. The molecule has 0 saturated carbocycles. The molecular weight excluding hydrogens is 310 g/mol. The van der Waals surface area contributed by atoms with E-state index in [4.69, 9.17) is 4.74 Å². The highest BCUT2D eigenvalue weighted by atomic mass is 32.1. The molecule has 0 aliphatic carbocycles. The van der Waals surface area contributed by atoms with E-state index in [1.54, 1.807) is 11.3 Å². The Bertz CT molecular complexity index is 681. The molecule has 0 N–H and O–H groups in total. The lowest BCUT2D eigenvalue weighted by atomic mass is 9.95. The third-order valence-corrected chi connectivity index (χ3v) is 5.34. The molecule has 1 fully saturated rings. The van der Waals surface area contributed by atoms with Crippen LogP contribution < -0.4 is 9.64 Å². The van der Waals surface area contributed by atoms with Gasteiger partial charge < -0.3 is 14.5 Å². The van der Waals surface area contributed by atoms with Crippen molar-refractivity contribution in [2.45, 2.75) is 6.42 Å². The van der Waals surface area contributed by atoms with Crippen LogP contribution in [0.15, 0.2) is 35.8 Å². The van der Waals surface area contributed by atoms with Gasteiger partial charge in [-0.15, -0.1) is 11.3 Å². The van der Waals surface area contributed by atoms with E-state index in [0.717, 1.165) is 49.0 Å². The number of ether oxygens (including phenoxy) is 1. The second-order valence-electron chi connectivity index (χ2n) is 5.95. The van der Waals surface area contributed by atoms with Gasteiger partial charge in [-0.3, -0.25) is 4.79 Å². The first-order valence-electron chi connectivity index (χ1n) is 7.95. The average Bonchev–Trinajstić information content (AvgIpc) is 3.15. The van der Waals surface area contributed by atoms with Crippen LogP contribution in [-0.2, 0) is 11.2 Å². The molecule has 1 saturated heterocycles. The number of anilines is 1. The first-order valence-corrected chi connectivity index (χ1v) is 8.83. The van der Waals surface area contributed by atoms with E-state index >= 15 is 0 Å². The van der Waals surface area contributed by atoms with E-state index in [-0.39, 0.29) is 11.8 Å². The number of benzene rings is 1. The molecule has 1 aromatic carbocycles. The molecule has 2 aliphatic rings. The minimum Gasteiger partial charge on any atom is -0.492 e. The Morgan fingerprint density at radius 2 is 2.04 bits per heavy atom. The molecular formula is C17H19N3O2S. The molecule has 3 heterocycles. The van der Waals surface area contributed by atoms with Crippen molar-refractivity contribution in [1.29, 1.82) is 0 Å². The fourth-order valence-electron chi connectivity index (χ4n) is 3.24. The first kappa shape index (κ1) is 14.5. The standard InChI is InChI=1S/C17H19N3O2S/c21-16(14-11-13-3-1-2-4-15(13)22-12-14)19-6-8-20(9-7-19)17-18-5-10-23-17/h1-5,10,14H,6-9,11-12H2. The number of hydrogen-bond donors (Lipinski definition) is 0. The molecule has 1 unspecified atom stereocenters. The molecule has 2 aromatic rings. The molecule has 1 amide bonds. The normalized spacial score (nSPS) is 20.8. The molecule has 0 bridgehead atoms. The summed E-state index contributed by atoms with van der Waals surface area (Å²) in [5.41, 5.74) is 1.14. The average molecular weight is 329 g/mol. The molecule has 1 atom stereocenters. The number of fused-ring (bicyclic) bond motifs is 1. The van der Waals surface area contributed by atoms with Crippen molar-refractivity contribution >= 4 is 22.4 Å². The second kappa shape index (κ2) is 6.20. The maximum Gasteiger partial charge on any atom is 0.229 e. The van der Waals surface area contributed by atoms with Crippen molar-refractivity contribution in [3.8, 4) is 5.75 Å². The largest absolute Gasteiger partial charge is 0.492 e. The van der Waals surface area contributed by atoms with Gasteiger partial charge in [0.25, 0.3) is 0 Å². The summed E-state index contributed by atoms with van der Waals surface area (Å²) in [6.07, 6.45) is 2.61. The highest BCUT2D eigenvalue weighted by Crippen LogP contribution is 2.28. The molecule has 4 rings (SSSR count). The van der Waals surface area contributed by atoms with Crippen LogP contribution in [0, 0.1) is 5.92 Å². The van der Waals surface area contributed by atoms with Gasteiger partial charge in [-0.05, 0) is 18.1 Å². The summed E-state index contributed by atoms with van der Waals surface area (Å²) in [4.78, 5) is 21.3. The van der Waals surface area contributed by atoms with Gasteiger partial charge in [-0.2, -0.15) is 0 Å². The smallest absolute Gasteiger partial charge is 0.229 e. The van der Waals surface area contributed by atoms with Crippen molar-refractivity contribution in [3.05, 3.63) is 41.4 Å². The zero-order chi connectivity index (χ0) is 15.6. The molecule has 6 heteroatoms.